The van der Waals surface area contributed by atoms with Crippen LogP contribution in [0.3, 0.4) is 0 Å². The topological polar surface area (TPSA) is 220 Å². The van der Waals surface area contributed by atoms with E-state index < -0.39 is 23.6 Å². The van der Waals surface area contributed by atoms with Crippen LogP contribution < -0.4 is 45.1 Å². The van der Waals surface area contributed by atoms with Crippen LogP contribution in [0.5, 0.6) is 0 Å². The summed E-state index contributed by atoms with van der Waals surface area (Å²) in [5.41, 5.74) is 6.72. The van der Waals surface area contributed by atoms with Gasteiger partial charge >= 0.3 is 11.8 Å². The zero-order valence-corrected chi connectivity index (χ0v) is 8.65. The van der Waals surface area contributed by atoms with E-state index in [1.165, 1.54) is 0 Å². The van der Waals surface area contributed by atoms with Crippen molar-refractivity contribution in [3.63, 3.8) is 0 Å². The molecule has 0 aromatic carbocycles. The van der Waals surface area contributed by atoms with Crippen LogP contribution in [0, 0.1) is 0 Å². The highest BCUT2D eigenvalue weighted by Crippen LogP contribution is 1.73. The zero-order valence-electron chi connectivity index (χ0n) is 8.65. The summed E-state index contributed by atoms with van der Waals surface area (Å²) in [7, 11) is 0. The maximum absolute atomic E-state index is 10.2. The molecule has 0 atom stereocenters. The third-order valence-corrected chi connectivity index (χ3v) is 1.11. The van der Waals surface area contributed by atoms with Gasteiger partial charge in [0.15, 0.2) is 0 Å². The molecule has 12 nitrogen and oxygen atoms in total. The highest BCUT2D eigenvalue weighted by atomic mass is 16.2. The number of hydrazine groups is 4. The van der Waals surface area contributed by atoms with Gasteiger partial charge in [-0.2, -0.15) is 0 Å². The Morgan fingerprint density at radius 3 is 1.12 bits per heavy atom. The molecule has 98 valence electrons. The quantitative estimate of drug-likeness (QED) is 0.0773. The molecule has 0 fully saturated rings. The Morgan fingerprint density at radius 2 is 0.941 bits per heavy atom. The molecule has 12 heteroatoms. The Bertz CT molecular complexity index is 264. The summed E-state index contributed by atoms with van der Waals surface area (Å²) in [5, 5.41) is 0. The summed E-state index contributed by atoms with van der Waals surface area (Å²) >= 11 is 0. The van der Waals surface area contributed by atoms with E-state index in [-0.39, 0.29) is 6.42 Å². The lowest BCUT2D eigenvalue weighted by Gasteiger charge is -1.95. The average Bonchev–Trinajstić information content (AvgIpc) is 2.36. The second kappa shape index (κ2) is 10.2. The van der Waals surface area contributed by atoms with Crippen molar-refractivity contribution in [3.8, 4) is 0 Å². The van der Waals surface area contributed by atoms with Gasteiger partial charge in [-0.05, 0) is 0 Å². The van der Waals surface area contributed by atoms with Crippen molar-refractivity contribution >= 4 is 23.6 Å². The van der Waals surface area contributed by atoms with E-state index in [2.05, 4.69) is 23.4 Å². The fraction of sp³-hybridized carbons (Fsp3) is 0.200. The molecule has 0 aliphatic heterocycles. The van der Waals surface area contributed by atoms with E-state index in [1.54, 1.807) is 21.7 Å². The molecule has 0 saturated heterocycles. The highest BCUT2D eigenvalue weighted by molar-refractivity contribution is 6.34. The molecule has 0 aromatic rings. The lowest BCUT2D eigenvalue weighted by Crippen LogP contribution is -2.45. The van der Waals surface area contributed by atoms with Gasteiger partial charge in [0.05, 0.1) is 0 Å². The third kappa shape index (κ3) is 10.0. The van der Waals surface area contributed by atoms with E-state index in [4.69, 9.17) is 0 Å². The first-order valence-electron chi connectivity index (χ1n) is 3.93. The van der Waals surface area contributed by atoms with E-state index >= 15 is 0 Å². The number of carbonyl (C=O) groups is 4. The van der Waals surface area contributed by atoms with Crippen LogP contribution in [0.1, 0.15) is 6.42 Å². The summed E-state index contributed by atoms with van der Waals surface area (Å²) in [6, 6.07) is 0. The van der Waals surface area contributed by atoms with Crippen LogP contribution in [0.25, 0.3) is 0 Å². The molecular weight excluding hydrogens is 236 g/mol. The van der Waals surface area contributed by atoms with Gasteiger partial charge in [-0.25, -0.2) is 23.4 Å². The minimum Gasteiger partial charge on any atom is -0.294 e. The summed E-state index contributed by atoms with van der Waals surface area (Å²) in [6.45, 7) is 0. The first kappa shape index (κ1) is 17.1. The number of nitrogens with one attached hydrogen (secondary N) is 4. The van der Waals surface area contributed by atoms with E-state index in [0.29, 0.717) is 0 Å². The Balaban J connectivity index is 0. The van der Waals surface area contributed by atoms with Crippen LogP contribution in [-0.4, -0.2) is 23.6 Å². The van der Waals surface area contributed by atoms with Crippen molar-refractivity contribution < 1.29 is 19.2 Å². The third-order valence-electron chi connectivity index (χ3n) is 1.11. The molecule has 0 aliphatic rings. The molecule has 0 spiro atoms. The minimum atomic E-state index is -0.965. The summed E-state index contributed by atoms with van der Waals surface area (Å²) in [5.74, 6) is 15.3. The second-order valence-electron chi connectivity index (χ2n) is 2.26. The molecule has 0 bridgehead atoms. The van der Waals surface area contributed by atoms with Crippen molar-refractivity contribution in [2.45, 2.75) is 6.42 Å². The molecule has 0 radical (unpaired) electrons. The molecule has 0 rings (SSSR count). The van der Waals surface area contributed by atoms with Gasteiger partial charge in [0.1, 0.15) is 6.42 Å². The van der Waals surface area contributed by atoms with Gasteiger partial charge in [0.2, 0.25) is 11.8 Å². The average molecular weight is 250 g/mol. The Morgan fingerprint density at radius 1 is 0.647 bits per heavy atom. The van der Waals surface area contributed by atoms with Crippen LogP contribution in [-0.2, 0) is 19.2 Å². The van der Waals surface area contributed by atoms with Crippen LogP contribution in [0.15, 0.2) is 0 Å². The predicted molar refractivity (Wildman–Crippen MR) is 53.9 cm³/mol. The smallest absolute Gasteiger partial charge is 0.294 e. The number of nitrogens with two attached hydrogens (primary N) is 4. The fourth-order valence-corrected chi connectivity index (χ4v) is 0.379. The van der Waals surface area contributed by atoms with Gasteiger partial charge in [-0.3, -0.25) is 40.9 Å². The first-order valence-corrected chi connectivity index (χ1v) is 3.93. The number of carbonyl (C=O) groups excluding carboxylic acids is 4. The maximum Gasteiger partial charge on any atom is 0.324 e. The Hall–Kier alpha value is -2.28. The van der Waals surface area contributed by atoms with Crippen molar-refractivity contribution in [1.29, 1.82) is 0 Å². The molecule has 0 heterocycles. The molecule has 4 amide bonds. The van der Waals surface area contributed by atoms with Gasteiger partial charge in [0, 0.05) is 0 Å². The maximum atomic E-state index is 10.2. The van der Waals surface area contributed by atoms with Gasteiger partial charge in [0.25, 0.3) is 0 Å². The van der Waals surface area contributed by atoms with Gasteiger partial charge < -0.3 is 0 Å². The van der Waals surface area contributed by atoms with Crippen molar-refractivity contribution in [2.24, 2.45) is 23.4 Å². The van der Waals surface area contributed by atoms with E-state index in [0.717, 1.165) is 0 Å². The molecule has 0 unspecified atom stereocenters. The molecule has 0 saturated carbocycles. The molecular formula is C5H14N8O4. The largest absolute Gasteiger partial charge is 0.324 e. The number of hydrogen-bond donors (Lipinski definition) is 8. The van der Waals surface area contributed by atoms with Crippen LogP contribution in [0.2, 0.25) is 0 Å². The zero-order chi connectivity index (χ0) is 13.8. The first-order chi connectivity index (χ1) is 7.92. The molecule has 0 aromatic heterocycles. The highest BCUT2D eigenvalue weighted by Gasteiger charge is 2.07. The predicted octanol–water partition coefficient (Wildman–Crippen LogP) is -5.68. The molecule has 17 heavy (non-hydrogen) atoms. The normalized spacial score (nSPS) is 8.00. The van der Waals surface area contributed by atoms with Crippen LogP contribution >= 0.6 is 0 Å². The van der Waals surface area contributed by atoms with E-state index in [9.17, 15) is 19.2 Å². The fourth-order valence-electron chi connectivity index (χ4n) is 0.379. The van der Waals surface area contributed by atoms with Gasteiger partial charge in [-0.15, -0.1) is 0 Å². The van der Waals surface area contributed by atoms with Gasteiger partial charge in [-0.1, -0.05) is 0 Å². The number of amides is 4. The summed E-state index contributed by atoms with van der Waals surface area (Å²) in [4.78, 5) is 40.5. The van der Waals surface area contributed by atoms with Crippen molar-refractivity contribution in [2.75, 3.05) is 0 Å². The SMILES string of the molecule is NNC(=O)C(=O)NN.NNC(=O)CC(=O)NN. The molecule has 12 N–H and O–H groups in total. The standard InChI is InChI=1S/C3H8N4O2.C2H6N4O2/c4-6-2(8)1-3(9)7-5;3-5-1(7)2(8)6-4/h1,4-5H2,(H,6,8)(H,7,9);3-4H2,(H,5,7)(H,6,8). The Kier molecular flexibility index (Phi) is 10.3. The van der Waals surface area contributed by atoms with Crippen LogP contribution in [0.4, 0.5) is 0 Å². The molecule has 0 aliphatic carbocycles. The second-order valence-corrected chi connectivity index (χ2v) is 2.26. The summed E-state index contributed by atoms with van der Waals surface area (Å²) in [6.07, 6.45) is -0.340. The lowest BCUT2D eigenvalue weighted by atomic mass is 10.4. The lowest BCUT2D eigenvalue weighted by molar-refractivity contribution is -0.139. The number of rotatable bonds is 2. The van der Waals surface area contributed by atoms with E-state index in [1.807, 2.05) is 0 Å². The summed E-state index contributed by atoms with van der Waals surface area (Å²) < 4.78 is 0. The monoisotopic (exact) mass is 250 g/mol. The van der Waals surface area contributed by atoms with Crippen molar-refractivity contribution in [1.82, 2.24) is 21.7 Å². The Labute approximate surface area is 95.3 Å². The minimum absolute atomic E-state index is 0.340. The number of hydrogen-bond acceptors (Lipinski definition) is 8. The van der Waals surface area contributed by atoms with Crippen molar-refractivity contribution in [3.05, 3.63) is 0 Å².